The Labute approximate surface area is 109 Å². The Balaban J connectivity index is 1.89. The number of thioether (sulfide) groups is 1. The van der Waals surface area contributed by atoms with E-state index in [1.54, 1.807) is 0 Å². The lowest BCUT2D eigenvalue weighted by atomic mass is 9.69. The number of thiazole rings is 1. The molecule has 1 N–H and O–H groups in total. The summed E-state index contributed by atoms with van der Waals surface area (Å²) in [7, 11) is 0. The number of aromatic nitrogens is 1. The van der Waals surface area contributed by atoms with Crippen molar-refractivity contribution in [1.82, 2.24) is 4.98 Å². The van der Waals surface area contributed by atoms with E-state index in [0.29, 0.717) is 0 Å². The largest absolute Gasteiger partial charge is 0.307 e. The van der Waals surface area contributed by atoms with Crippen molar-refractivity contribution in [3.05, 3.63) is 14.5 Å². The van der Waals surface area contributed by atoms with Gasteiger partial charge in [-0.2, -0.15) is 0 Å². The number of H-pyrrole nitrogens is 1. The van der Waals surface area contributed by atoms with Gasteiger partial charge in [0.15, 0.2) is 0 Å². The zero-order chi connectivity index (χ0) is 11.8. The molecule has 3 aliphatic rings. The molecule has 1 aromatic heterocycles. The van der Waals surface area contributed by atoms with E-state index in [4.69, 9.17) is 0 Å². The molecule has 2 bridgehead atoms. The van der Waals surface area contributed by atoms with E-state index >= 15 is 0 Å². The smallest absolute Gasteiger partial charge is 0.305 e. The molecule has 2 heterocycles. The molecule has 2 fully saturated rings. The molecule has 0 amide bonds. The number of hydrogen-bond acceptors (Lipinski definition) is 3. The van der Waals surface area contributed by atoms with Crippen LogP contribution in [0.1, 0.15) is 38.0 Å². The maximum atomic E-state index is 11.6. The predicted octanol–water partition coefficient (Wildman–Crippen LogP) is 3.23. The average molecular weight is 267 g/mol. The Hall–Kier alpha value is -0.220. The highest BCUT2D eigenvalue weighted by Crippen LogP contribution is 2.64. The van der Waals surface area contributed by atoms with E-state index in [1.807, 2.05) is 11.8 Å². The highest BCUT2D eigenvalue weighted by Gasteiger charge is 2.57. The van der Waals surface area contributed by atoms with Crippen LogP contribution in [0.4, 0.5) is 0 Å². The molecule has 0 spiro atoms. The Bertz CT molecular complexity index is 530. The van der Waals surface area contributed by atoms with E-state index in [-0.39, 0.29) is 10.3 Å². The van der Waals surface area contributed by atoms with Crippen LogP contribution in [0.3, 0.4) is 0 Å². The first-order valence-electron chi connectivity index (χ1n) is 6.47. The molecule has 2 saturated carbocycles. The van der Waals surface area contributed by atoms with E-state index in [9.17, 15) is 4.79 Å². The van der Waals surface area contributed by atoms with Crippen molar-refractivity contribution in [3.8, 4) is 0 Å². The first kappa shape index (κ1) is 10.7. The molecule has 4 rings (SSSR count). The number of hydrogen-bond donors (Lipinski definition) is 1. The zero-order valence-corrected chi connectivity index (χ0v) is 11.8. The van der Waals surface area contributed by atoms with Gasteiger partial charge in [-0.25, -0.2) is 0 Å². The predicted molar refractivity (Wildman–Crippen MR) is 71.9 cm³/mol. The van der Waals surface area contributed by atoms with Crippen molar-refractivity contribution in [1.29, 1.82) is 0 Å². The van der Waals surface area contributed by atoms with Gasteiger partial charge in [0, 0.05) is 15.5 Å². The van der Waals surface area contributed by atoms with Gasteiger partial charge in [0.2, 0.25) is 0 Å². The highest BCUT2D eigenvalue weighted by molar-refractivity contribution is 8.00. The first-order chi connectivity index (χ1) is 8.07. The second kappa shape index (κ2) is 3.21. The molecule has 17 heavy (non-hydrogen) atoms. The fourth-order valence-electron chi connectivity index (χ4n) is 4.52. The molecule has 4 atom stereocenters. The minimum atomic E-state index is 0.128. The van der Waals surface area contributed by atoms with E-state index in [2.05, 4.69) is 18.8 Å². The van der Waals surface area contributed by atoms with Crippen molar-refractivity contribution < 1.29 is 0 Å². The third-order valence-corrected chi connectivity index (χ3v) is 7.97. The van der Waals surface area contributed by atoms with Crippen LogP contribution in [0, 0.1) is 17.8 Å². The Morgan fingerprint density at radius 1 is 1.29 bits per heavy atom. The molecule has 2 nitrogen and oxygen atoms in total. The van der Waals surface area contributed by atoms with Gasteiger partial charge < -0.3 is 4.98 Å². The minimum absolute atomic E-state index is 0.128. The van der Waals surface area contributed by atoms with Gasteiger partial charge >= 0.3 is 4.87 Å². The van der Waals surface area contributed by atoms with Crippen LogP contribution in [0.15, 0.2) is 9.82 Å². The number of nitrogens with one attached hydrogen (secondary N) is 1. The van der Waals surface area contributed by atoms with Crippen LogP contribution in [0.2, 0.25) is 0 Å². The first-order valence-corrected chi connectivity index (χ1v) is 8.17. The quantitative estimate of drug-likeness (QED) is 0.783. The topological polar surface area (TPSA) is 32.9 Å². The molecule has 0 unspecified atom stereocenters. The van der Waals surface area contributed by atoms with Crippen molar-refractivity contribution in [3.63, 3.8) is 0 Å². The van der Waals surface area contributed by atoms with E-state index < -0.39 is 0 Å². The summed E-state index contributed by atoms with van der Waals surface area (Å²) in [6.07, 6.45) is 4.27. The SMILES string of the molecule is CC1(C)c2sc(=O)[nH]c2S[C@@H]2[C@H]3CC[C@@H](C3)[C@@H]21. The minimum Gasteiger partial charge on any atom is -0.307 e. The standard InChI is InChI=1S/C13H17NOS2/c1-13(2)8-6-3-4-7(5-6)9(8)16-11-10(13)17-12(15)14-11/h6-9H,3-5H2,1-2H3,(H,14,15)/t6-,7-,8-,9+/m0/s1. The van der Waals surface area contributed by atoms with Gasteiger partial charge in [0.05, 0.1) is 5.03 Å². The average Bonchev–Trinajstić information content (AvgIpc) is 2.90. The van der Waals surface area contributed by atoms with E-state index in [0.717, 1.165) is 23.0 Å². The second-order valence-electron chi connectivity index (χ2n) is 6.34. The Kier molecular flexibility index (Phi) is 2.02. The van der Waals surface area contributed by atoms with Gasteiger partial charge in [-0.05, 0) is 37.0 Å². The molecular weight excluding hydrogens is 250 g/mol. The molecule has 2 aliphatic carbocycles. The number of fused-ring (bicyclic) bond motifs is 6. The fourth-order valence-corrected chi connectivity index (χ4v) is 7.67. The zero-order valence-electron chi connectivity index (χ0n) is 10.2. The van der Waals surface area contributed by atoms with Crippen LogP contribution in [-0.4, -0.2) is 10.2 Å². The summed E-state index contributed by atoms with van der Waals surface area (Å²) in [6.45, 7) is 4.71. The van der Waals surface area contributed by atoms with Gasteiger partial charge in [0.25, 0.3) is 0 Å². The highest BCUT2D eigenvalue weighted by atomic mass is 32.2. The van der Waals surface area contributed by atoms with Gasteiger partial charge in [0.1, 0.15) is 0 Å². The molecule has 1 aliphatic heterocycles. The maximum absolute atomic E-state index is 11.6. The summed E-state index contributed by atoms with van der Waals surface area (Å²) in [5.41, 5.74) is 0.203. The monoisotopic (exact) mass is 267 g/mol. The molecule has 0 radical (unpaired) electrons. The Morgan fingerprint density at radius 2 is 2.06 bits per heavy atom. The lowest BCUT2D eigenvalue weighted by Gasteiger charge is -2.45. The summed E-state index contributed by atoms with van der Waals surface area (Å²) in [5.74, 6) is 2.62. The molecule has 0 aromatic carbocycles. The van der Waals surface area contributed by atoms with Crippen LogP contribution in [0.5, 0.6) is 0 Å². The van der Waals surface area contributed by atoms with Crippen molar-refractivity contribution >= 4 is 23.1 Å². The van der Waals surface area contributed by atoms with Crippen molar-refractivity contribution in [2.45, 2.75) is 48.8 Å². The van der Waals surface area contributed by atoms with E-state index in [1.165, 1.54) is 40.5 Å². The lowest BCUT2D eigenvalue weighted by Crippen LogP contribution is -2.42. The van der Waals surface area contributed by atoms with Crippen molar-refractivity contribution in [2.75, 3.05) is 0 Å². The van der Waals surface area contributed by atoms with Gasteiger partial charge in [-0.3, -0.25) is 4.79 Å². The summed E-state index contributed by atoms with van der Waals surface area (Å²) < 4.78 is 0. The molecule has 4 heteroatoms. The van der Waals surface area contributed by atoms with Crippen LogP contribution in [-0.2, 0) is 5.41 Å². The third-order valence-electron chi connectivity index (χ3n) is 5.13. The summed E-state index contributed by atoms with van der Waals surface area (Å²) in [5, 5.41) is 1.94. The normalized spacial score (nSPS) is 41.3. The Morgan fingerprint density at radius 3 is 2.88 bits per heavy atom. The molecule has 0 saturated heterocycles. The van der Waals surface area contributed by atoms with Gasteiger partial charge in [-0.1, -0.05) is 25.2 Å². The fraction of sp³-hybridized carbons (Fsp3) is 0.769. The van der Waals surface area contributed by atoms with Gasteiger partial charge in [-0.15, -0.1) is 11.8 Å². The van der Waals surface area contributed by atoms with Crippen LogP contribution >= 0.6 is 23.1 Å². The lowest BCUT2D eigenvalue weighted by molar-refractivity contribution is 0.218. The molecule has 92 valence electrons. The maximum Gasteiger partial charge on any atom is 0.305 e. The summed E-state index contributed by atoms with van der Waals surface area (Å²) >= 11 is 3.41. The number of rotatable bonds is 0. The number of aromatic amines is 1. The molecule has 1 aromatic rings. The third kappa shape index (κ3) is 1.26. The second-order valence-corrected chi connectivity index (χ2v) is 8.51. The van der Waals surface area contributed by atoms with Crippen molar-refractivity contribution in [2.24, 2.45) is 17.8 Å². The van der Waals surface area contributed by atoms with Crippen LogP contribution < -0.4 is 4.87 Å². The summed E-state index contributed by atoms with van der Waals surface area (Å²) in [4.78, 5) is 16.1. The summed E-state index contributed by atoms with van der Waals surface area (Å²) in [6, 6.07) is 0. The molecular formula is C13H17NOS2. The van der Waals surface area contributed by atoms with Crippen LogP contribution in [0.25, 0.3) is 0 Å².